The molecule has 1 rings (SSSR count). The lowest BCUT2D eigenvalue weighted by atomic mass is 10.2. The first-order chi connectivity index (χ1) is 5.31. The van der Waals surface area contributed by atoms with Crippen LogP contribution in [0.15, 0.2) is 0 Å². The molecule has 1 heteroatoms. The van der Waals surface area contributed by atoms with Gasteiger partial charge in [-0.3, -0.25) is 0 Å². The first-order valence-corrected chi connectivity index (χ1v) is 5.02. The predicted octanol–water partition coefficient (Wildman–Crippen LogP) is 3.06. The first-order valence-electron chi connectivity index (χ1n) is 5.02. The number of hydrogen-bond acceptors (Lipinski definition) is 1. The van der Waals surface area contributed by atoms with Gasteiger partial charge in [-0.1, -0.05) is 41.0 Å². The molecule has 0 aromatic rings. The molecule has 0 aromatic carbocycles. The standard InChI is InChI=1S/C5H11N.C3H8.C2H6/c1-5-2-3-6-4-5;1-3-2;1-2/h5-6H,2-4H2,1H3;3H2,1-2H3;1-2H3. The van der Waals surface area contributed by atoms with E-state index < -0.39 is 0 Å². The SMILES string of the molecule is CC.CC1CCNC1.CCC. The quantitative estimate of drug-likeness (QED) is 0.573. The molecular formula is C10H25N. The Balaban J connectivity index is 0. The molecule has 1 N–H and O–H groups in total. The molecule has 0 spiro atoms. The number of nitrogens with one attached hydrogen (secondary N) is 1. The molecule has 1 saturated heterocycles. The van der Waals surface area contributed by atoms with Crippen LogP contribution >= 0.6 is 0 Å². The Labute approximate surface area is 72.6 Å². The minimum atomic E-state index is 0.935. The van der Waals surface area contributed by atoms with Crippen LogP contribution in [0.25, 0.3) is 0 Å². The molecule has 0 saturated carbocycles. The highest BCUT2D eigenvalue weighted by Crippen LogP contribution is 2.03. The lowest BCUT2D eigenvalue weighted by Gasteiger charge is -1.90. The van der Waals surface area contributed by atoms with Crippen LogP contribution in [-0.4, -0.2) is 13.1 Å². The van der Waals surface area contributed by atoms with Crippen molar-refractivity contribution < 1.29 is 0 Å². The van der Waals surface area contributed by atoms with Gasteiger partial charge in [-0.25, -0.2) is 0 Å². The van der Waals surface area contributed by atoms with Gasteiger partial charge in [0.1, 0.15) is 0 Å². The molecule has 1 atom stereocenters. The van der Waals surface area contributed by atoms with Crippen molar-refractivity contribution in [3.05, 3.63) is 0 Å². The highest BCUT2D eigenvalue weighted by atomic mass is 14.9. The lowest BCUT2D eigenvalue weighted by molar-refractivity contribution is 0.651. The van der Waals surface area contributed by atoms with E-state index in [1.165, 1.54) is 25.9 Å². The maximum absolute atomic E-state index is 3.27. The zero-order valence-corrected chi connectivity index (χ0v) is 8.91. The molecule has 0 aromatic heterocycles. The summed E-state index contributed by atoms with van der Waals surface area (Å²) in [6, 6.07) is 0. The van der Waals surface area contributed by atoms with Gasteiger partial charge in [-0.2, -0.15) is 0 Å². The van der Waals surface area contributed by atoms with Crippen LogP contribution in [-0.2, 0) is 0 Å². The van der Waals surface area contributed by atoms with E-state index in [1.807, 2.05) is 13.8 Å². The van der Waals surface area contributed by atoms with Gasteiger partial charge in [0.2, 0.25) is 0 Å². The normalized spacial score (nSPS) is 21.0. The monoisotopic (exact) mass is 159 g/mol. The third-order valence-electron chi connectivity index (χ3n) is 1.31. The summed E-state index contributed by atoms with van der Waals surface area (Å²) < 4.78 is 0. The van der Waals surface area contributed by atoms with Crippen molar-refractivity contribution >= 4 is 0 Å². The molecule has 0 radical (unpaired) electrons. The minimum absolute atomic E-state index is 0.935. The lowest BCUT2D eigenvalue weighted by Crippen LogP contribution is -2.06. The van der Waals surface area contributed by atoms with Crippen LogP contribution in [0.1, 0.15) is 47.5 Å². The van der Waals surface area contributed by atoms with Gasteiger partial charge in [0.05, 0.1) is 0 Å². The molecule has 70 valence electrons. The second kappa shape index (κ2) is 12.6. The molecule has 1 nitrogen and oxygen atoms in total. The Hall–Kier alpha value is -0.0400. The Bertz CT molecular complexity index is 46.8. The Kier molecular flexibility index (Phi) is 15.5. The summed E-state index contributed by atoms with van der Waals surface area (Å²) in [7, 11) is 0. The summed E-state index contributed by atoms with van der Waals surface area (Å²) in [6.45, 7) is 13.0. The van der Waals surface area contributed by atoms with Gasteiger partial charge in [0.25, 0.3) is 0 Å². The minimum Gasteiger partial charge on any atom is -0.316 e. The second-order valence-electron chi connectivity index (χ2n) is 2.81. The van der Waals surface area contributed by atoms with Gasteiger partial charge in [-0.05, 0) is 25.4 Å². The van der Waals surface area contributed by atoms with Crippen molar-refractivity contribution in [1.29, 1.82) is 0 Å². The average Bonchev–Trinajstić information content (AvgIpc) is 2.46. The van der Waals surface area contributed by atoms with Crippen LogP contribution in [0.4, 0.5) is 0 Å². The summed E-state index contributed by atoms with van der Waals surface area (Å²) in [5, 5.41) is 3.27. The molecule has 1 aliphatic heterocycles. The zero-order chi connectivity index (χ0) is 9.11. The summed E-state index contributed by atoms with van der Waals surface area (Å²) in [5.41, 5.74) is 0. The maximum Gasteiger partial charge on any atom is -0.00227 e. The molecule has 0 aliphatic carbocycles. The fourth-order valence-electron chi connectivity index (χ4n) is 0.799. The van der Waals surface area contributed by atoms with E-state index in [0.717, 1.165) is 5.92 Å². The third kappa shape index (κ3) is 13.0. The van der Waals surface area contributed by atoms with E-state index in [9.17, 15) is 0 Å². The van der Waals surface area contributed by atoms with E-state index in [1.54, 1.807) is 0 Å². The molecule has 0 bridgehead atoms. The Morgan fingerprint density at radius 3 is 1.82 bits per heavy atom. The molecule has 1 aliphatic rings. The Morgan fingerprint density at radius 2 is 1.73 bits per heavy atom. The Morgan fingerprint density at radius 1 is 1.27 bits per heavy atom. The van der Waals surface area contributed by atoms with Crippen LogP contribution < -0.4 is 5.32 Å². The highest BCUT2D eigenvalue weighted by Gasteiger charge is 2.06. The van der Waals surface area contributed by atoms with Gasteiger partial charge >= 0.3 is 0 Å². The topological polar surface area (TPSA) is 12.0 Å². The van der Waals surface area contributed by atoms with E-state index in [-0.39, 0.29) is 0 Å². The van der Waals surface area contributed by atoms with Crippen molar-refractivity contribution in [2.45, 2.75) is 47.5 Å². The van der Waals surface area contributed by atoms with Gasteiger partial charge in [-0.15, -0.1) is 0 Å². The van der Waals surface area contributed by atoms with Crippen LogP contribution in [0, 0.1) is 5.92 Å². The molecular weight excluding hydrogens is 134 g/mol. The summed E-state index contributed by atoms with van der Waals surface area (Å²) in [4.78, 5) is 0. The van der Waals surface area contributed by atoms with Crippen molar-refractivity contribution in [2.24, 2.45) is 5.92 Å². The molecule has 0 amide bonds. The van der Waals surface area contributed by atoms with Crippen LogP contribution in [0.3, 0.4) is 0 Å². The van der Waals surface area contributed by atoms with Crippen molar-refractivity contribution in [3.63, 3.8) is 0 Å². The maximum atomic E-state index is 3.27. The summed E-state index contributed by atoms with van der Waals surface area (Å²) in [6.07, 6.45) is 2.62. The van der Waals surface area contributed by atoms with Crippen molar-refractivity contribution in [3.8, 4) is 0 Å². The molecule has 1 unspecified atom stereocenters. The number of rotatable bonds is 0. The molecule has 11 heavy (non-hydrogen) atoms. The van der Waals surface area contributed by atoms with E-state index >= 15 is 0 Å². The van der Waals surface area contributed by atoms with Gasteiger partial charge < -0.3 is 5.32 Å². The van der Waals surface area contributed by atoms with Gasteiger partial charge in [0.15, 0.2) is 0 Å². The molecule has 1 heterocycles. The fourth-order valence-corrected chi connectivity index (χ4v) is 0.799. The van der Waals surface area contributed by atoms with Crippen molar-refractivity contribution in [1.82, 2.24) is 5.32 Å². The third-order valence-corrected chi connectivity index (χ3v) is 1.31. The average molecular weight is 159 g/mol. The predicted molar refractivity (Wildman–Crippen MR) is 54.0 cm³/mol. The summed E-state index contributed by atoms with van der Waals surface area (Å²) >= 11 is 0. The second-order valence-corrected chi connectivity index (χ2v) is 2.81. The van der Waals surface area contributed by atoms with E-state index in [2.05, 4.69) is 26.1 Å². The number of hydrogen-bond donors (Lipinski definition) is 1. The smallest absolute Gasteiger partial charge is 0.00227 e. The summed E-state index contributed by atoms with van der Waals surface area (Å²) in [5.74, 6) is 0.935. The van der Waals surface area contributed by atoms with Crippen LogP contribution in [0.2, 0.25) is 0 Å². The largest absolute Gasteiger partial charge is 0.316 e. The van der Waals surface area contributed by atoms with E-state index in [0.29, 0.717) is 0 Å². The van der Waals surface area contributed by atoms with Crippen LogP contribution in [0.5, 0.6) is 0 Å². The van der Waals surface area contributed by atoms with E-state index in [4.69, 9.17) is 0 Å². The van der Waals surface area contributed by atoms with Crippen molar-refractivity contribution in [2.75, 3.05) is 13.1 Å². The highest BCUT2D eigenvalue weighted by molar-refractivity contribution is 4.65. The first kappa shape index (κ1) is 13.5. The molecule has 1 fully saturated rings. The fraction of sp³-hybridized carbons (Fsp3) is 1.00. The zero-order valence-electron chi connectivity index (χ0n) is 8.91. The van der Waals surface area contributed by atoms with Gasteiger partial charge in [0, 0.05) is 0 Å².